The maximum absolute atomic E-state index is 2.81. The van der Waals surface area contributed by atoms with Crippen molar-refractivity contribution in [3.63, 3.8) is 0 Å². The molecular weight excluding hydrogens is 280 g/mol. The zero-order chi connectivity index (χ0) is 17.4. The molecule has 1 aliphatic carbocycles. The van der Waals surface area contributed by atoms with Gasteiger partial charge in [0.15, 0.2) is 0 Å². The van der Waals surface area contributed by atoms with Gasteiger partial charge in [0.25, 0.3) is 0 Å². The SMILES string of the molecule is CC1CN(C(C)(C)C)CC(C)N1CC1CCC(C(C)(C)C)CC1. The third-order valence-corrected chi connectivity index (χ3v) is 6.59. The van der Waals surface area contributed by atoms with Crippen LogP contribution in [-0.4, -0.2) is 47.1 Å². The van der Waals surface area contributed by atoms with Crippen molar-refractivity contribution in [3.05, 3.63) is 0 Å². The number of nitrogens with zero attached hydrogens (tertiary/aromatic N) is 2. The molecule has 0 amide bonds. The second kappa shape index (κ2) is 7.04. The predicted octanol–water partition coefficient (Wildman–Crippen LogP) is 5.03. The fourth-order valence-electron chi connectivity index (χ4n) is 4.77. The summed E-state index contributed by atoms with van der Waals surface area (Å²) in [6, 6.07) is 1.39. The fourth-order valence-corrected chi connectivity index (χ4v) is 4.77. The molecule has 0 radical (unpaired) electrons. The number of piperazine rings is 1. The maximum atomic E-state index is 2.81. The average Bonchev–Trinajstić information content (AvgIpc) is 2.41. The lowest BCUT2D eigenvalue weighted by Crippen LogP contribution is -2.61. The summed E-state index contributed by atoms with van der Waals surface area (Å²) in [6.45, 7) is 23.0. The Bertz CT molecular complexity index is 356. The number of rotatable bonds is 2. The first kappa shape index (κ1) is 19.2. The Labute approximate surface area is 146 Å². The lowest BCUT2D eigenvalue weighted by atomic mass is 9.69. The van der Waals surface area contributed by atoms with Crippen molar-refractivity contribution in [2.24, 2.45) is 17.3 Å². The van der Waals surface area contributed by atoms with Crippen molar-refractivity contribution in [1.29, 1.82) is 0 Å². The van der Waals surface area contributed by atoms with Crippen molar-refractivity contribution in [2.75, 3.05) is 19.6 Å². The van der Waals surface area contributed by atoms with Crippen molar-refractivity contribution in [3.8, 4) is 0 Å². The van der Waals surface area contributed by atoms with Crippen LogP contribution in [0.15, 0.2) is 0 Å². The highest BCUT2D eigenvalue weighted by Crippen LogP contribution is 2.40. The first-order chi connectivity index (χ1) is 10.5. The van der Waals surface area contributed by atoms with E-state index in [1.165, 1.54) is 45.3 Å². The summed E-state index contributed by atoms with van der Waals surface area (Å²) in [5.74, 6) is 1.87. The summed E-state index contributed by atoms with van der Waals surface area (Å²) in [4.78, 5) is 5.49. The van der Waals surface area contributed by atoms with Gasteiger partial charge in [-0.05, 0) is 77.6 Å². The minimum absolute atomic E-state index is 0.305. The van der Waals surface area contributed by atoms with Crippen LogP contribution in [0, 0.1) is 17.3 Å². The molecule has 2 atom stereocenters. The minimum Gasteiger partial charge on any atom is -0.295 e. The third-order valence-electron chi connectivity index (χ3n) is 6.59. The summed E-state index contributed by atoms with van der Waals surface area (Å²) in [5.41, 5.74) is 0.809. The van der Waals surface area contributed by atoms with Gasteiger partial charge in [-0.3, -0.25) is 9.80 Å². The molecule has 136 valence electrons. The van der Waals surface area contributed by atoms with Crippen molar-refractivity contribution >= 4 is 0 Å². The molecule has 0 aromatic heterocycles. The average molecular weight is 323 g/mol. The van der Waals surface area contributed by atoms with Crippen molar-refractivity contribution < 1.29 is 0 Å². The molecule has 2 fully saturated rings. The van der Waals surface area contributed by atoms with E-state index in [2.05, 4.69) is 65.2 Å². The van der Waals surface area contributed by atoms with Crippen LogP contribution in [0.5, 0.6) is 0 Å². The molecule has 1 aliphatic heterocycles. The quantitative estimate of drug-likeness (QED) is 0.703. The molecule has 2 nitrogen and oxygen atoms in total. The second-order valence-corrected chi connectivity index (χ2v) is 10.6. The van der Waals surface area contributed by atoms with Gasteiger partial charge in [0, 0.05) is 37.3 Å². The van der Waals surface area contributed by atoms with E-state index in [1.54, 1.807) is 0 Å². The minimum atomic E-state index is 0.305. The largest absolute Gasteiger partial charge is 0.295 e. The molecule has 1 heterocycles. The van der Waals surface area contributed by atoms with Crippen LogP contribution < -0.4 is 0 Å². The van der Waals surface area contributed by atoms with E-state index in [0.717, 1.165) is 11.8 Å². The molecule has 0 aromatic rings. The number of hydrogen-bond donors (Lipinski definition) is 0. The fraction of sp³-hybridized carbons (Fsp3) is 1.00. The van der Waals surface area contributed by atoms with Crippen molar-refractivity contribution in [2.45, 2.75) is 98.7 Å². The van der Waals surface area contributed by atoms with Gasteiger partial charge in [0.05, 0.1) is 0 Å². The number of hydrogen-bond acceptors (Lipinski definition) is 2. The summed E-state index contributed by atoms with van der Waals surface area (Å²) in [6.07, 6.45) is 5.78. The molecule has 2 aliphatic rings. The molecule has 0 bridgehead atoms. The molecule has 0 spiro atoms. The Balaban J connectivity index is 1.87. The van der Waals surface area contributed by atoms with Gasteiger partial charge in [-0.15, -0.1) is 0 Å². The normalized spacial score (nSPS) is 35.5. The standard InChI is InChI=1S/C21H42N2/c1-16-13-22(21(6,7)8)14-17(2)23(16)15-18-9-11-19(12-10-18)20(3,4)5/h16-19H,9-15H2,1-8H3. The van der Waals surface area contributed by atoms with Crippen molar-refractivity contribution in [1.82, 2.24) is 9.80 Å². The summed E-state index contributed by atoms with van der Waals surface area (Å²) in [7, 11) is 0. The predicted molar refractivity (Wildman–Crippen MR) is 102 cm³/mol. The van der Waals surface area contributed by atoms with E-state index in [0.29, 0.717) is 23.0 Å². The van der Waals surface area contributed by atoms with E-state index >= 15 is 0 Å². The second-order valence-electron chi connectivity index (χ2n) is 10.6. The van der Waals surface area contributed by atoms with Gasteiger partial charge in [0.1, 0.15) is 0 Å². The van der Waals surface area contributed by atoms with Gasteiger partial charge in [-0.1, -0.05) is 20.8 Å². The Kier molecular flexibility index (Phi) is 5.89. The monoisotopic (exact) mass is 322 g/mol. The first-order valence-electron chi connectivity index (χ1n) is 9.99. The molecular formula is C21H42N2. The molecule has 0 aromatic carbocycles. The molecule has 1 saturated heterocycles. The van der Waals surface area contributed by atoms with E-state index in [-0.39, 0.29) is 0 Å². The van der Waals surface area contributed by atoms with E-state index < -0.39 is 0 Å². The van der Waals surface area contributed by atoms with Gasteiger partial charge in [0.2, 0.25) is 0 Å². The summed E-state index contributed by atoms with van der Waals surface area (Å²) >= 11 is 0. The van der Waals surface area contributed by atoms with E-state index in [1.807, 2.05) is 0 Å². The Morgan fingerprint density at radius 3 is 1.65 bits per heavy atom. The topological polar surface area (TPSA) is 6.48 Å². The molecule has 0 N–H and O–H groups in total. The lowest BCUT2D eigenvalue weighted by Gasteiger charge is -2.50. The smallest absolute Gasteiger partial charge is 0.0198 e. The van der Waals surface area contributed by atoms with Crippen LogP contribution in [0.4, 0.5) is 0 Å². The van der Waals surface area contributed by atoms with Gasteiger partial charge >= 0.3 is 0 Å². The van der Waals surface area contributed by atoms with E-state index in [4.69, 9.17) is 0 Å². The zero-order valence-corrected chi connectivity index (χ0v) is 17.2. The molecule has 2 heteroatoms. The van der Waals surface area contributed by atoms with Gasteiger partial charge in [-0.25, -0.2) is 0 Å². The summed E-state index contributed by atoms with van der Waals surface area (Å²) in [5, 5.41) is 0. The Morgan fingerprint density at radius 2 is 1.26 bits per heavy atom. The highest BCUT2D eigenvalue weighted by molar-refractivity contribution is 4.92. The summed E-state index contributed by atoms with van der Waals surface area (Å²) < 4.78 is 0. The van der Waals surface area contributed by atoms with E-state index in [9.17, 15) is 0 Å². The van der Waals surface area contributed by atoms with Gasteiger partial charge in [-0.2, -0.15) is 0 Å². The van der Waals surface area contributed by atoms with Crippen LogP contribution in [0.25, 0.3) is 0 Å². The molecule has 2 rings (SSSR count). The van der Waals surface area contributed by atoms with Crippen LogP contribution in [0.3, 0.4) is 0 Å². The van der Waals surface area contributed by atoms with Gasteiger partial charge < -0.3 is 0 Å². The Hall–Kier alpha value is -0.0800. The van der Waals surface area contributed by atoms with Crippen LogP contribution in [0.2, 0.25) is 0 Å². The third kappa shape index (κ3) is 4.95. The molecule has 1 saturated carbocycles. The zero-order valence-electron chi connectivity index (χ0n) is 17.2. The Morgan fingerprint density at radius 1 is 0.783 bits per heavy atom. The lowest BCUT2D eigenvalue weighted by molar-refractivity contribution is -0.0179. The van der Waals surface area contributed by atoms with Crippen LogP contribution >= 0.6 is 0 Å². The highest BCUT2D eigenvalue weighted by Gasteiger charge is 2.36. The first-order valence-corrected chi connectivity index (χ1v) is 9.99. The van der Waals surface area contributed by atoms with Crippen LogP contribution in [0.1, 0.15) is 81.1 Å². The molecule has 2 unspecified atom stereocenters. The van der Waals surface area contributed by atoms with Crippen LogP contribution in [-0.2, 0) is 0 Å². The maximum Gasteiger partial charge on any atom is 0.0198 e. The highest BCUT2D eigenvalue weighted by atomic mass is 15.3. The molecule has 23 heavy (non-hydrogen) atoms.